The monoisotopic (exact) mass is 393 g/mol. The second kappa shape index (κ2) is 8.35. The number of methoxy groups -OCH3 is 1. The number of benzene rings is 2. The van der Waals surface area contributed by atoms with Gasteiger partial charge in [-0.2, -0.15) is 0 Å². The van der Waals surface area contributed by atoms with Crippen LogP contribution in [0, 0.1) is 0 Å². The Morgan fingerprint density at radius 2 is 1.92 bits per heavy atom. The first-order chi connectivity index (χ1) is 11.5. The second-order valence-corrected chi connectivity index (χ2v) is 5.73. The van der Waals surface area contributed by atoms with E-state index >= 15 is 0 Å². The standard InChI is InChI=1S/C17H16BrNO5/c1-23-16(21)15(12-7-8-14(20)13(18)9-12)19-17(22)24-10-11-5-3-2-4-6-11/h2-9,15,20H,10H2,1H3,(H,19,22). The highest BCUT2D eigenvalue weighted by molar-refractivity contribution is 9.10. The van der Waals surface area contributed by atoms with Gasteiger partial charge in [-0.3, -0.25) is 0 Å². The first-order valence-electron chi connectivity index (χ1n) is 7.04. The molecule has 7 heteroatoms. The number of esters is 1. The molecule has 1 unspecified atom stereocenters. The molecule has 6 nitrogen and oxygen atoms in total. The third kappa shape index (κ3) is 4.73. The quantitative estimate of drug-likeness (QED) is 0.761. The van der Waals surface area contributed by atoms with E-state index in [0.29, 0.717) is 10.0 Å². The molecule has 126 valence electrons. The van der Waals surface area contributed by atoms with Gasteiger partial charge in [0.1, 0.15) is 12.4 Å². The fraction of sp³-hybridized carbons (Fsp3) is 0.176. The Bertz CT molecular complexity index is 720. The summed E-state index contributed by atoms with van der Waals surface area (Å²) in [5.74, 6) is -0.627. The predicted octanol–water partition coefficient (Wildman–Crippen LogP) is 3.30. The Balaban J connectivity index is 2.06. The van der Waals surface area contributed by atoms with Gasteiger partial charge in [-0.15, -0.1) is 0 Å². The molecular weight excluding hydrogens is 378 g/mol. The van der Waals surface area contributed by atoms with E-state index in [0.717, 1.165) is 5.56 Å². The van der Waals surface area contributed by atoms with Crippen LogP contribution >= 0.6 is 15.9 Å². The predicted molar refractivity (Wildman–Crippen MR) is 90.3 cm³/mol. The van der Waals surface area contributed by atoms with Crippen LogP contribution in [0.1, 0.15) is 17.2 Å². The van der Waals surface area contributed by atoms with Gasteiger partial charge in [0, 0.05) is 0 Å². The van der Waals surface area contributed by atoms with Crippen molar-refractivity contribution in [3.05, 3.63) is 64.1 Å². The Hall–Kier alpha value is -2.54. The minimum Gasteiger partial charge on any atom is -0.507 e. The van der Waals surface area contributed by atoms with Gasteiger partial charge in [0.05, 0.1) is 11.6 Å². The van der Waals surface area contributed by atoms with Gasteiger partial charge in [0.15, 0.2) is 6.04 Å². The van der Waals surface area contributed by atoms with E-state index in [9.17, 15) is 14.7 Å². The number of halogens is 1. The van der Waals surface area contributed by atoms with Crippen molar-refractivity contribution in [3.8, 4) is 5.75 Å². The highest BCUT2D eigenvalue weighted by Crippen LogP contribution is 2.27. The zero-order chi connectivity index (χ0) is 17.5. The van der Waals surface area contributed by atoms with Crippen LogP contribution < -0.4 is 5.32 Å². The molecule has 0 saturated heterocycles. The minimum atomic E-state index is -1.05. The molecule has 0 aliphatic carbocycles. The summed E-state index contributed by atoms with van der Waals surface area (Å²) in [5.41, 5.74) is 1.28. The molecule has 0 saturated carbocycles. The maximum Gasteiger partial charge on any atom is 0.408 e. The number of nitrogens with one attached hydrogen (secondary N) is 1. The third-order valence-corrected chi connectivity index (χ3v) is 3.85. The smallest absolute Gasteiger partial charge is 0.408 e. The van der Waals surface area contributed by atoms with Crippen LogP contribution in [0.4, 0.5) is 4.79 Å². The van der Waals surface area contributed by atoms with Crippen LogP contribution in [-0.4, -0.2) is 24.3 Å². The molecule has 0 radical (unpaired) electrons. The zero-order valence-electron chi connectivity index (χ0n) is 12.9. The largest absolute Gasteiger partial charge is 0.507 e. The van der Waals surface area contributed by atoms with E-state index in [1.165, 1.54) is 25.3 Å². The number of alkyl carbamates (subject to hydrolysis) is 1. The summed E-state index contributed by atoms with van der Waals surface area (Å²) in [6.07, 6.45) is -0.751. The van der Waals surface area contributed by atoms with E-state index in [2.05, 4.69) is 21.2 Å². The molecule has 1 atom stereocenters. The van der Waals surface area contributed by atoms with E-state index in [1.54, 1.807) is 0 Å². The topological polar surface area (TPSA) is 84.9 Å². The summed E-state index contributed by atoms with van der Waals surface area (Å²) in [6, 6.07) is 12.6. The van der Waals surface area contributed by atoms with Crippen molar-refractivity contribution in [2.24, 2.45) is 0 Å². The number of aromatic hydroxyl groups is 1. The van der Waals surface area contributed by atoms with Crippen LogP contribution in [0.25, 0.3) is 0 Å². The maximum atomic E-state index is 12.0. The summed E-state index contributed by atoms with van der Waals surface area (Å²) in [5, 5.41) is 12.0. The van der Waals surface area contributed by atoms with Crippen molar-refractivity contribution in [3.63, 3.8) is 0 Å². The average Bonchev–Trinajstić information content (AvgIpc) is 2.60. The first kappa shape index (κ1) is 17.8. The highest BCUT2D eigenvalue weighted by Gasteiger charge is 2.25. The number of ether oxygens (including phenoxy) is 2. The van der Waals surface area contributed by atoms with Gasteiger partial charge in [0.25, 0.3) is 0 Å². The van der Waals surface area contributed by atoms with Crippen molar-refractivity contribution in [1.29, 1.82) is 0 Å². The average molecular weight is 394 g/mol. The molecule has 0 aliphatic heterocycles. The fourth-order valence-corrected chi connectivity index (χ4v) is 2.38. The van der Waals surface area contributed by atoms with Crippen LogP contribution in [0.2, 0.25) is 0 Å². The Labute approximate surface area is 147 Å². The number of rotatable bonds is 5. The van der Waals surface area contributed by atoms with Gasteiger partial charge in [0.2, 0.25) is 0 Å². The molecule has 1 amide bonds. The Kier molecular flexibility index (Phi) is 6.20. The zero-order valence-corrected chi connectivity index (χ0v) is 14.4. The molecule has 0 heterocycles. The van der Waals surface area contributed by atoms with Crippen molar-refractivity contribution in [2.45, 2.75) is 12.6 Å². The Morgan fingerprint density at radius 3 is 2.54 bits per heavy atom. The number of phenolic OH excluding ortho intramolecular Hbond substituents is 1. The first-order valence-corrected chi connectivity index (χ1v) is 7.84. The molecule has 2 aromatic rings. The molecule has 0 fully saturated rings. The molecule has 0 spiro atoms. The van der Waals surface area contributed by atoms with Crippen LogP contribution in [0.5, 0.6) is 5.75 Å². The molecule has 0 aliphatic rings. The Morgan fingerprint density at radius 1 is 1.21 bits per heavy atom. The van der Waals surface area contributed by atoms with Crippen molar-refractivity contribution >= 4 is 28.0 Å². The number of phenols is 1. The number of carbonyl (C=O) groups is 2. The van der Waals surface area contributed by atoms with Gasteiger partial charge >= 0.3 is 12.1 Å². The minimum absolute atomic E-state index is 0.0222. The van der Waals surface area contributed by atoms with Crippen molar-refractivity contribution in [2.75, 3.05) is 7.11 Å². The molecule has 0 aromatic heterocycles. The van der Waals surface area contributed by atoms with E-state index in [-0.39, 0.29) is 12.4 Å². The van der Waals surface area contributed by atoms with Crippen LogP contribution in [0.3, 0.4) is 0 Å². The summed E-state index contributed by atoms with van der Waals surface area (Å²) in [4.78, 5) is 23.9. The summed E-state index contributed by atoms with van der Waals surface area (Å²) >= 11 is 3.17. The van der Waals surface area contributed by atoms with Crippen LogP contribution in [-0.2, 0) is 20.9 Å². The van der Waals surface area contributed by atoms with E-state index in [1.807, 2.05) is 30.3 Å². The number of hydrogen-bond acceptors (Lipinski definition) is 5. The van der Waals surface area contributed by atoms with Crippen LogP contribution in [0.15, 0.2) is 53.0 Å². The van der Waals surface area contributed by atoms with Gasteiger partial charge < -0.3 is 19.9 Å². The normalized spacial score (nSPS) is 11.4. The molecule has 2 N–H and O–H groups in total. The lowest BCUT2D eigenvalue weighted by Gasteiger charge is -2.17. The molecule has 2 aromatic carbocycles. The van der Waals surface area contributed by atoms with Gasteiger partial charge in [-0.25, -0.2) is 9.59 Å². The third-order valence-electron chi connectivity index (χ3n) is 3.22. The molecular formula is C17H16BrNO5. The summed E-state index contributed by atoms with van der Waals surface area (Å²) in [7, 11) is 1.22. The lowest BCUT2D eigenvalue weighted by molar-refractivity contribution is -0.143. The van der Waals surface area contributed by atoms with Crippen molar-refractivity contribution < 1.29 is 24.2 Å². The SMILES string of the molecule is COC(=O)C(NC(=O)OCc1ccccc1)c1ccc(O)c(Br)c1. The van der Waals surface area contributed by atoms with Crippen molar-refractivity contribution in [1.82, 2.24) is 5.32 Å². The van der Waals surface area contributed by atoms with E-state index in [4.69, 9.17) is 9.47 Å². The highest BCUT2D eigenvalue weighted by atomic mass is 79.9. The second-order valence-electron chi connectivity index (χ2n) is 4.87. The summed E-state index contributed by atoms with van der Waals surface area (Å²) in [6.45, 7) is 0.0832. The van der Waals surface area contributed by atoms with E-state index < -0.39 is 18.1 Å². The molecule has 0 bridgehead atoms. The lowest BCUT2D eigenvalue weighted by Crippen LogP contribution is -2.34. The molecule has 24 heavy (non-hydrogen) atoms. The number of carbonyl (C=O) groups excluding carboxylic acids is 2. The maximum absolute atomic E-state index is 12.0. The number of hydrogen-bond donors (Lipinski definition) is 2. The molecule has 2 rings (SSSR count). The fourth-order valence-electron chi connectivity index (χ4n) is 1.98. The lowest BCUT2D eigenvalue weighted by atomic mass is 10.1. The summed E-state index contributed by atoms with van der Waals surface area (Å²) < 4.78 is 10.2. The van der Waals surface area contributed by atoms with Gasteiger partial charge in [-0.05, 0) is 39.2 Å². The van der Waals surface area contributed by atoms with Gasteiger partial charge in [-0.1, -0.05) is 36.4 Å². The number of amides is 1.